The molecule has 0 amide bonds. The van der Waals surface area contributed by atoms with Gasteiger partial charge in [0.25, 0.3) is 5.92 Å². The molecule has 13 heteroatoms. The number of alkyl halides is 2. The van der Waals surface area contributed by atoms with Gasteiger partial charge in [-0.15, -0.1) is 11.3 Å². The second kappa shape index (κ2) is 11.8. The number of hydrogen-bond acceptors (Lipinski definition) is 7. The van der Waals surface area contributed by atoms with E-state index in [0.29, 0.717) is 46.6 Å². The van der Waals surface area contributed by atoms with Crippen LogP contribution in [0.5, 0.6) is 11.5 Å². The number of primary sulfonamides is 1. The number of aromatic nitrogens is 3. The summed E-state index contributed by atoms with van der Waals surface area (Å²) in [6.45, 7) is 0.837. The lowest BCUT2D eigenvalue weighted by atomic mass is 9.97. The fourth-order valence-electron chi connectivity index (χ4n) is 4.99. The summed E-state index contributed by atoms with van der Waals surface area (Å²) in [6, 6.07) is 19.2. The Kier molecular flexibility index (Phi) is 8.02. The van der Waals surface area contributed by atoms with Crippen LogP contribution in [0.15, 0.2) is 83.1 Å². The highest BCUT2D eigenvalue weighted by atomic mass is 32.2. The van der Waals surface area contributed by atoms with Crippen LogP contribution >= 0.6 is 11.3 Å². The minimum absolute atomic E-state index is 0.00453. The first-order chi connectivity index (χ1) is 21.3. The lowest BCUT2D eigenvalue weighted by Gasteiger charge is -2.12. The van der Waals surface area contributed by atoms with Crippen LogP contribution in [0.3, 0.4) is 0 Å². The molecule has 2 aromatic heterocycles. The number of sulfonamides is 1. The molecular weight excluding hydrogens is 623 g/mol. The summed E-state index contributed by atoms with van der Waals surface area (Å²) in [5.74, 6) is -2.80. The molecule has 3 N–H and O–H groups in total. The Morgan fingerprint density at radius 1 is 1.09 bits per heavy atom. The third kappa shape index (κ3) is 6.95. The van der Waals surface area contributed by atoms with E-state index in [4.69, 9.17) is 15.0 Å². The zero-order valence-electron chi connectivity index (χ0n) is 24.0. The monoisotopic (exact) mass is 650 g/mol. The predicted octanol–water partition coefficient (Wildman–Crippen LogP) is 6.79. The van der Waals surface area contributed by atoms with Crippen molar-refractivity contribution in [3.8, 4) is 27.9 Å². The first kappa shape index (κ1) is 30.6. The molecule has 1 aliphatic rings. The summed E-state index contributed by atoms with van der Waals surface area (Å²) in [6.07, 6.45) is 3.22. The van der Waals surface area contributed by atoms with Crippen LogP contribution in [-0.4, -0.2) is 34.3 Å². The minimum Gasteiger partial charge on any atom is -0.476 e. The zero-order valence-corrected chi connectivity index (χ0v) is 25.6. The highest BCUT2D eigenvalue weighted by Crippen LogP contribution is 2.39. The molecule has 6 rings (SSSR count). The maximum Gasteiger partial charge on any atom is 0.355 e. The van der Waals surface area contributed by atoms with E-state index in [1.807, 2.05) is 6.07 Å². The molecule has 0 spiro atoms. The molecule has 0 aliphatic heterocycles. The number of carboxylic acids is 1. The third-order valence-corrected chi connectivity index (χ3v) is 9.24. The maximum atomic E-state index is 13.7. The fraction of sp³-hybridized carbons (Fsp3) is 0.219. The smallest absolute Gasteiger partial charge is 0.355 e. The first-order valence-corrected chi connectivity index (χ1v) is 16.5. The molecule has 5 aromatic rings. The van der Waals surface area contributed by atoms with Crippen molar-refractivity contribution < 1.29 is 31.8 Å². The molecular formula is C32H28F2N4O5S2. The van der Waals surface area contributed by atoms with E-state index in [-0.39, 0.29) is 16.2 Å². The van der Waals surface area contributed by atoms with Gasteiger partial charge in [-0.2, -0.15) is 5.10 Å². The second-order valence-electron chi connectivity index (χ2n) is 11.1. The van der Waals surface area contributed by atoms with Gasteiger partial charge in [0.2, 0.25) is 15.2 Å². The van der Waals surface area contributed by atoms with E-state index < -0.39 is 21.9 Å². The fourth-order valence-corrected chi connectivity index (χ4v) is 6.27. The number of thiazole rings is 1. The van der Waals surface area contributed by atoms with Gasteiger partial charge in [0.1, 0.15) is 11.5 Å². The summed E-state index contributed by atoms with van der Waals surface area (Å²) < 4.78 is 58.7. The molecule has 232 valence electrons. The Labute approximate surface area is 262 Å². The van der Waals surface area contributed by atoms with Crippen LogP contribution in [0.4, 0.5) is 8.78 Å². The number of nitrogens with two attached hydrogens (primary N) is 1. The molecule has 3 aromatic carbocycles. The van der Waals surface area contributed by atoms with Crippen molar-refractivity contribution in [2.45, 2.75) is 43.4 Å². The number of hydrogen-bond donors (Lipinski definition) is 2. The summed E-state index contributed by atoms with van der Waals surface area (Å²) in [5.41, 5.74) is 3.73. The molecule has 9 nitrogen and oxygen atoms in total. The van der Waals surface area contributed by atoms with Gasteiger partial charge < -0.3 is 9.84 Å². The Bertz CT molecular complexity index is 1980. The topological polar surface area (TPSA) is 137 Å². The Morgan fingerprint density at radius 2 is 1.80 bits per heavy atom. The van der Waals surface area contributed by atoms with Crippen LogP contribution < -0.4 is 9.88 Å². The summed E-state index contributed by atoms with van der Waals surface area (Å²) in [7, 11) is -3.86. The van der Waals surface area contributed by atoms with Crippen molar-refractivity contribution in [3.63, 3.8) is 0 Å². The lowest BCUT2D eigenvalue weighted by molar-refractivity contribution is 0.0174. The van der Waals surface area contributed by atoms with Crippen molar-refractivity contribution in [2.24, 2.45) is 11.1 Å². The number of ether oxygens (including phenoxy) is 1. The Morgan fingerprint density at radius 3 is 2.40 bits per heavy atom. The van der Waals surface area contributed by atoms with Crippen molar-refractivity contribution in [1.29, 1.82) is 0 Å². The summed E-state index contributed by atoms with van der Waals surface area (Å²) >= 11 is 1.18. The van der Waals surface area contributed by atoms with Crippen LogP contribution in [0, 0.1) is 5.92 Å². The van der Waals surface area contributed by atoms with Crippen molar-refractivity contribution in [1.82, 2.24) is 14.8 Å². The van der Waals surface area contributed by atoms with Crippen LogP contribution in [-0.2, 0) is 28.8 Å². The molecule has 0 atom stereocenters. The number of carbonyl (C=O) groups is 1. The number of rotatable bonds is 11. The number of aromatic carboxylic acids is 1. The second-order valence-corrected chi connectivity index (χ2v) is 13.5. The molecule has 1 fully saturated rings. The van der Waals surface area contributed by atoms with Crippen LogP contribution in [0.1, 0.15) is 52.6 Å². The summed E-state index contributed by atoms with van der Waals surface area (Å²) in [5, 5.41) is 21.6. The molecule has 1 aliphatic carbocycles. The molecule has 0 bridgehead atoms. The molecule has 1 saturated carbocycles. The standard InChI is InChI=1S/C32H28F2N4O5S2/c1-32(33,34)22-9-11-23(12-10-22)43-24-4-2-3-21(17-24)29-26(15-19-7-13-25(14-8-19)45(35,41)42)28(16-20-5-6-20)38(37-29)31-36-27(18-44-31)30(39)40/h2-4,7-14,17-18,20H,5-6,15-16H2,1H3,(H,39,40)(H2,35,41,42). The highest BCUT2D eigenvalue weighted by Gasteiger charge is 2.29. The van der Waals surface area contributed by atoms with Gasteiger partial charge in [0.15, 0.2) is 5.69 Å². The van der Waals surface area contributed by atoms with Gasteiger partial charge in [-0.3, -0.25) is 0 Å². The van der Waals surface area contributed by atoms with Crippen molar-refractivity contribution in [2.75, 3.05) is 0 Å². The van der Waals surface area contributed by atoms with E-state index in [2.05, 4.69) is 4.98 Å². The van der Waals surface area contributed by atoms with E-state index in [0.717, 1.165) is 36.6 Å². The predicted molar refractivity (Wildman–Crippen MR) is 165 cm³/mol. The maximum absolute atomic E-state index is 13.7. The zero-order chi connectivity index (χ0) is 31.9. The van der Waals surface area contributed by atoms with E-state index >= 15 is 0 Å². The third-order valence-electron chi connectivity index (χ3n) is 7.50. The summed E-state index contributed by atoms with van der Waals surface area (Å²) in [4.78, 5) is 15.9. The van der Waals surface area contributed by atoms with Gasteiger partial charge in [0, 0.05) is 35.4 Å². The number of halogens is 2. The van der Waals surface area contributed by atoms with Crippen LogP contribution in [0.25, 0.3) is 16.4 Å². The van der Waals surface area contributed by atoms with Gasteiger partial charge in [0.05, 0.1) is 16.3 Å². The van der Waals surface area contributed by atoms with Gasteiger partial charge in [-0.1, -0.05) is 24.3 Å². The van der Waals surface area contributed by atoms with Gasteiger partial charge >= 0.3 is 5.97 Å². The highest BCUT2D eigenvalue weighted by molar-refractivity contribution is 7.89. The number of carboxylic acid groups (broad SMARTS) is 1. The largest absolute Gasteiger partial charge is 0.476 e. The number of nitrogens with zero attached hydrogens (tertiary/aromatic N) is 3. The van der Waals surface area contributed by atoms with E-state index in [9.17, 15) is 27.1 Å². The lowest BCUT2D eigenvalue weighted by Crippen LogP contribution is -2.12. The van der Waals surface area contributed by atoms with Crippen molar-refractivity contribution in [3.05, 3.63) is 106 Å². The van der Waals surface area contributed by atoms with Gasteiger partial charge in [-0.05, 0) is 79.3 Å². The Balaban J connectivity index is 1.43. The molecule has 2 heterocycles. The Hall–Kier alpha value is -4.46. The molecule has 0 unspecified atom stereocenters. The number of benzene rings is 3. The molecule has 0 saturated heterocycles. The van der Waals surface area contributed by atoms with Crippen LogP contribution in [0.2, 0.25) is 0 Å². The quantitative estimate of drug-likeness (QED) is 0.161. The first-order valence-electron chi connectivity index (χ1n) is 14.0. The average molecular weight is 651 g/mol. The average Bonchev–Trinajstić information content (AvgIpc) is 3.54. The molecule has 45 heavy (non-hydrogen) atoms. The van der Waals surface area contributed by atoms with E-state index in [1.54, 1.807) is 35.0 Å². The SMILES string of the molecule is CC(F)(F)c1ccc(Oc2cccc(-c3nn(-c4nc(C(=O)O)cs4)c(CC4CC4)c3Cc3ccc(S(N)(=O)=O)cc3)c2)cc1. The molecule has 0 radical (unpaired) electrons. The van der Waals surface area contributed by atoms with E-state index in [1.165, 1.54) is 53.1 Å². The van der Waals surface area contributed by atoms with Gasteiger partial charge in [-0.25, -0.2) is 36.8 Å². The minimum atomic E-state index is -3.86. The normalized spacial score (nSPS) is 13.6. The van der Waals surface area contributed by atoms with Crippen molar-refractivity contribution >= 4 is 27.3 Å².